The monoisotopic (exact) mass is 741 g/mol. The van der Waals surface area contributed by atoms with E-state index in [1.807, 2.05) is 24.3 Å². The molecule has 1 aromatic rings. The van der Waals surface area contributed by atoms with Crippen LogP contribution < -0.4 is 15.4 Å². The predicted molar refractivity (Wildman–Crippen MR) is 174 cm³/mol. The minimum absolute atomic E-state index is 0.174. The van der Waals surface area contributed by atoms with E-state index >= 15 is 0 Å². The van der Waals surface area contributed by atoms with Gasteiger partial charge in [-0.15, -0.1) is 0 Å². The number of benzene rings is 1. The lowest BCUT2D eigenvalue weighted by molar-refractivity contribution is -0.141. The Bertz CT molecular complexity index is 1670. The number of alkyl carbamates (subject to hydrolysis) is 1. The van der Waals surface area contributed by atoms with E-state index in [4.69, 9.17) is 9.47 Å². The second-order valence-electron chi connectivity index (χ2n) is 14.3. The first-order chi connectivity index (χ1) is 23.8. The van der Waals surface area contributed by atoms with E-state index in [2.05, 4.69) is 10.6 Å². The number of fused-ring (bicyclic) bond motifs is 3. The SMILES string of the molecule is CC(C)(C)OC(=O)N[C@H]1CCCCC/C=C/[C@@H]2C[C@@]2(C(=O)NS(=O)(=O)C(F)(F)F)NC(=O)[C@@H]2C[C@@H](OC(=O)N3Cc4ccccc4C3)CN2C1=O. The van der Waals surface area contributed by atoms with Gasteiger partial charge in [0.05, 0.1) is 6.54 Å². The Morgan fingerprint density at radius 1 is 1.02 bits per heavy atom. The molecule has 2 fully saturated rings. The van der Waals surface area contributed by atoms with E-state index in [9.17, 15) is 45.6 Å². The van der Waals surface area contributed by atoms with Crippen molar-refractivity contribution in [3.05, 3.63) is 47.5 Å². The molecule has 280 valence electrons. The maximum Gasteiger partial charge on any atom is 0.516 e. The van der Waals surface area contributed by atoms with Crippen LogP contribution in [0.25, 0.3) is 0 Å². The molecule has 1 saturated heterocycles. The highest BCUT2D eigenvalue weighted by Gasteiger charge is 2.63. The lowest BCUT2D eigenvalue weighted by Gasteiger charge is -2.30. The Balaban J connectivity index is 1.42. The number of alkyl halides is 3. The van der Waals surface area contributed by atoms with Gasteiger partial charge in [0.1, 0.15) is 29.3 Å². The molecular weight excluding hydrogens is 699 g/mol. The summed E-state index contributed by atoms with van der Waals surface area (Å²) in [6, 6.07) is 4.86. The fourth-order valence-electron chi connectivity index (χ4n) is 6.57. The second-order valence-corrected chi connectivity index (χ2v) is 16.0. The number of rotatable bonds is 4. The van der Waals surface area contributed by atoms with Crippen LogP contribution in [0.3, 0.4) is 0 Å². The Hall–Kier alpha value is -4.35. The normalized spacial score (nSPS) is 27.8. The maximum absolute atomic E-state index is 14.2. The molecule has 14 nitrogen and oxygen atoms in total. The summed E-state index contributed by atoms with van der Waals surface area (Å²) in [5, 5.41) is 5.03. The summed E-state index contributed by atoms with van der Waals surface area (Å²) in [4.78, 5) is 70.0. The highest BCUT2D eigenvalue weighted by atomic mass is 32.2. The molecule has 3 heterocycles. The van der Waals surface area contributed by atoms with Gasteiger partial charge in [0.25, 0.3) is 5.91 Å². The third-order valence-electron chi connectivity index (χ3n) is 9.23. The van der Waals surface area contributed by atoms with Crippen LogP contribution >= 0.6 is 0 Å². The van der Waals surface area contributed by atoms with Gasteiger partial charge in [-0.2, -0.15) is 21.6 Å². The number of nitrogens with zero attached hydrogens (tertiary/aromatic N) is 2. The summed E-state index contributed by atoms with van der Waals surface area (Å²) in [5.74, 6) is -4.10. The molecule has 3 aliphatic heterocycles. The van der Waals surface area contributed by atoms with Gasteiger partial charge in [0.15, 0.2) is 0 Å². The number of nitrogens with one attached hydrogen (secondary N) is 3. The zero-order valence-corrected chi connectivity index (χ0v) is 29.3. The number of sulfonamides is 1. The Labute approximate surface area is 293 Å². The molecule has 51 heavy (non-hydrogen) atoms. The van der Waals surface area contributed by atoms with Gasteiger partial charge in [-0.1, -0.05) is 49.3 Å². The van der Waals surface area contributed by atoms with Crippen molar-refractivity contribution < 1.29 is 55.0 Å². The van der Waals surface area contributed by atoms with Gasteiger partial charge < -0.3 is 25.0 Å². The molecule has 1 saturated carbocycles. The molecule has 5 rings (SSSR count). The first kappa shape index (κ1) is 37.9. The maximum atomic E-state index is 14.2. The van der Waals surface area contributed by atoms with Crippen molar-refractivity contribution in [1.82, 2.24) is 25.2 Å². The van der Waals surface area contributed by atoms with Crippen LogP contribution in [0, 0.1) is 5.92 Å². The van der Waals surface area contributed by atoms with Gasteiger partial charge in [0.2, 0.25) is 11.8 Å². The molecule has 0 aromatic heterocycles. The minimum Gasteiger partial charge on any atom is -0.444 e. The standard InChI is InChI=1S/C33H42F3N5O9S/c1-31(2,3)50-29(45)37-24-14-8-6-4-5-7-13-22-16-32(22,28(44)39-51(47,48)33(34,35)36)38-26(42)25-15-23(19-41(25)27(24)43)49-30(46)40-17-20-11-9-10-12-21(20)18-40/h7,9-13,22-25H,4-6,8,14-19H2,1-3H3,(H,37,45)(H,38,42)(H,39,44)/b13-7+/t22-,23-,24+,25+,32-/m1/s1. The Morgan fingerprint density at radius 3 is 2.31 bits per heavy atom. The summed E-state index contributed by atoms with van der Waals surface area (Å²) >= 11 is 0. The van der Waals surface area contributed by atoms with Crippen LogP contribution in [-0.2, 0) is 47.0 Å². The van der Waals surface area contributed by atoms with E-state index in [1.54, 1.807) is 32.9 Å². The quantitative estimate of drug-likeness (QED) is 0.390. The van der Waals surface area contributed by atoms with E-state index in [-0.39, 0.29) is 38.9 Å². The summed E-state index contributed by atoms with van der Waals surface area (Å²) in [7, 11) is -6.10. The number of amides is 5. The van der Waals surface area contributed by atoms with Crippen LogP contribution in [0.1, 0.15) is 76.8 Å². The molecular formula is C33H42F3N5O9S. The zero-order chi connectivity index (χ0) is 37.4. The summed E-state index contributed by atoms with van der Waals surface area (Å²) < 4.78 is 75.5. The van der Waals surface area contributed by atoms with Gasteiger partial charge in [0, 0.05) is 25.4 Å². The Morgan fingerprint density at radius 2 is 1.69 bits per heavy atom. The average Bonchev–Trinajstić information content (AvgIpc) is 3.33. The number of hydrogen-bond donors (Lipinski definition) is 3. The topological polar surface area (TPSA) is 181 Å². The number of carbonyl (C=O) groups excluding carboxylic acids is 5. The molecule has 18 heteroatoms. The third-order valence-corrected chi connectivity index (χ3v) is 10.3. The first-order valence-corrected chi connectivity index (χ1v) is 18.2. The highest BCUT2D eigenvalue weighted by Crippen LogP contribution is 2.46. The Kier molecular flexibility index (Phi) is 10.7. The summed E-state index contributed by atoms with van der Waals surface area (Å²) in [6.07, 6.45) is 2.58. The summed E-state index contributed by atoms with van der Waals surface area (Å²) in [6.45, 7) is 5.23. The number of allylic oxidation sites excluding steroid dienone is 1. The van der Waals surface area contributed by atoms with Gasteiger partial charge in [-0.25, -0.2) is 14.3 Å². The molecule has 5 amide bonds. The zero-order valence-electron chi connectivity index (χ0n) is 28.5. The van der Waals surface area contributed by atoms with Crippen molar-refractivity contribution in [2.75, 3.05) is 6.54 Å². The molecule has 0 bridgehead atoms. The van der Waals surface area contributed by atoms with Crippen LogP contribution in [0.2, 0.25) is 0 Å². The van der Waals surface area contributed by atoms with Crippen LogP contribution in [0.15, 0.2) is 36.4 Å². The van der Waals surface area contributed by atoms with Crippen molar-refractivity contribution in [3.63, 3.8) is 0 Å². The van der Waals surface area contributed by atoms with Crippen LogP contribution in [-0.4, -0.2) is 89.5 Å². The average molecular weight is 742 g/mol. The minimum atomic E-state index is -6.10. The molecule has 3 N–H and O–H groups in total. The van der Waals surface area contributed by atoms with Gasteiger partial charge in [-0.3, -0.25) is 19.3 Å². The van der Waals surface area contributed by atoms with Crippen molar-refractivity contribution in [3.8, 4) is 0 Å². The van der Waals surface area contributed by atoms with Crippen molar-refractivity contribution >= 4 is 39.9 Å². The molecule has 1 aliphatic carbocycles. The molecule has 4 aliphatic rings. The van der Waals surface area contributed by atoms with Gasteiger partial charge >= 0.3 is 27.7 Å². The molecule has 5 atom stereocenters. The third kappa shape index (κ3) is 8.76. The fourth-order valence-corrected chi connectivity index (χ4v) is 7.11. The van der Waals surface area contributed by atoms with E-state index < -0.39 is 80.7 Å². The number of carbonyl (C=O) groups is 5. The fraction of sp³-hybridized carbons (Fsp3) is 0.606. The molecule has 1 aromatic carbocycles. The number of hydrogen-bond acceptors (Lipinski definition) is 9. The van der Waals surface area contributed by atoms with E-state index in [0.717, 1.165) is 20.7 Å². The molecule has 0 radical (unpaired) electrons. The number of halogens is 3. The van der Waals surface area contributed by atoms with Crippen molar-refractivity contribution in [2.24, 2.45) is 5.92 Å². The van der Waals surface area contributed by atoms with Crippen LogP contribution in [0.5, 0.6) is 0 Å². The van der Waals surface area contributed by atoms with E-state index in [0.29, 0.717) is 25.7 Å². The predicted octanol–water partition coefficient (Wildman–Crippen LogP) is 3.36. The lowest BCUT2D eigenvalue weighted by Crippen LogP contribution is -2.59. The van der Waals surface area contributed by atoms with Crippen molar-refractivity contribution in [1.29, 1.82) is 0 Å². The van der Waals surface area contributed by atoms with Crippen molar-refractivity contribution in [2.45, 2.75) is 114 Å². The molecule has 0 unspecified atom stereocenters. The largest absolute Gasteiger partial charge is 0.516 e. The van der Waals surface area contributed by atoms with Gasteiger partial charge in [-0.05, 0) is 57.6 Å². The van der Waals surface area contributed by atoms with E-state index in [1.165, 1.54) is 4.90 Å². The first-order valence-electron chi connectivity index (χ1n) is 16.7. The second kappa shape index (κ2) is 14.3. The lowest BCUT2D eigenvalue weighted by atomic mass is 10.0. The summed E-state index contributed by atoms with van der Waals surface area (Å²) in [5.41, 5.74) is -6.88. The molecule has 0 spiro atoms. The number of ether oxygens (including phenoxy) is 2. The smallest absolute Gasteiger partial charge is 0.444 e. The highest BCUT2D eigenvalue weighted by molar-refractivity contribution is 7.90. The van der Waals surface area contributed by atoms with Crippen LogP contribution in [0.4, 0.5) is 22.8 Å².